The first-order chi connectivity index (χ1) is 6.39. The molecule has 0 radical (unpaired) electrons. The standard InChI is InChI=1S/C7H14N4O2S/c1-5(2)4-14(12,13)11-7-8-6(3)9-10-7/h5H,4H2,1-3H3,(H2,8,9,10,11). The Morgan fingerprint density at radius 3 is 2.57 bits per heavy atom. The summed E-state index contributed by atoms with van der Waals surface area (Å²) in [5.74, 6) is 0.823. The number of aryl methyl sites for hydroxylation is 1. The number of anilines is 1. The molecule has 0 aromatic carbocycles. The molecule has 1 rings (SSSR count). The van der Waals surface area contributed by atoms with Crippen LogP contribution in [-0.2, 0) is 10.0 Å². The molecule has 1 aromatic heterocycles. The fourth-order valence-electron chi connectivity index (χ4n) is 1.01. The molecule has 0 atom stereocenters. The highest BCUT2D eigenvalue weighted by Crippen LogP contribution is 2.04. The van der Waals surface area contributed by atoms with Crippen molar-refractivity contribution < 1.29 is 8.42 Å². The van der Waals surface area contributed by atoms with E-state index >= 15 is 0 Å². The van der Waals surface area contributed by atoms with Crippen molar-refractivity contribution in [2.45, 2.75) is 20.8 Å². The van der Waals surface area contributed by atoms with Crippen molar-refractivity contribution in [2.75, 3.05) is 10.5 Å². The Bertz CT molecular complexity index is 396. The Morgan fingerprint density at radius 2 is 2.14 bits per heavy atom. The average molecular weight is 218 g/mol. The summed E-state index contributed by atoms with van der Waals surface area (Å²) in [5, 5.41) is 6.24. The van der Waals surface area contributed by atoms with Crippen LogP contribution in [0.4, 0.5) is 5.95 Å². The largest absolute Gasteiger partial charge is 0.261 e. The molecule has 2 N–H and O–H groups in total. The van der Waals surface area contributed by atoms with Gasteiger partial charge in [-0.15, -0.1) is 5.10 Å². The van der Waals surface area contributed by atoms with Crippen LogP contribution in [0.3, 0.4) is 0 Å². The van der Waals surface area contributed by atoms with Crippen LogP contribution in [0.25, 0.3) is 0 Å². The Morgan fingerprint density at radius 1 is 1.50 bits per heavy atom. The SMILES string of the molecule is Cc1nc(NS(=O)(=O)CC(C)C)n[nH]1. The van der Waals surface area contributed by atoms with E-state index < -0.39 is 10.0 Å². The highest BCUT2D eigenvalue weighted by atomic mass is 32.2. The number of sulfonamides is 1. The van der Waals surface area contributed by atoms with Crippen molar-refractivity contribution in [3.05, 3.63) is 5.82 Å². The molecule has 0 aliphatic rings. The average Bonchev–Trinajstić information content (AvgIpc) is 2.30. The smallest absolute Gasteiger partial charge is 0.255 e. The van der Waals surface area contributed by atoms with Gasteiger partial charge in [-0.3, -0.25) is 5.10 Å². The number of hydrogen-bond acceptors (Lipinski definition) is 4. The maximum atomic E-state index is 11.4. The van der Waals surface area contributed by atoms with Gasteiger partial charge in [0.1, 0.15) is 5.82 Å². The van der Waals surface area contributed by atoms with Crippen LogP contribution in [0.1, 0.15) is 19.7 Å². The molecule has 0 spiro atoms. The second kappa shape index (κ2) is 3.95. The number of H-pyrrole nitrogens is 1. The lowest BCUT2D eigenvalue weighted by atomic mass is 10.3. The maximum absolute atomic E-state index is 11.4. The molecule has 80 valence electrons. The number of hydrogen-bond donors (Lipinski definition) is 2. The minimum Gasteiger partial charge on any atom is -0.261 e. The summed E-state index contributed by atoms with van der Waals surface area (Å²) in [6, 6.07) is 0. The summed E-state index contributed by atoms with van der Waals surface area (Å²) in [5.41, 5.74) is 0. The zero-order chi connectivity index (χ0) is 10.8. The van der Waals surface area contributed by atoms with Crippen LogP contribution in [0, 0.1) is 12.8 Å². The van der Waals surface area contributed by atoms with Gasteiger partial charge in [0, 0.05) is 0 Å². The molecular weight excluding hydrogens is 204 g/mol. The van der Waals surface area contributed by atoms with Gasteiger partial charge in [-0.2, -0.15) is 4.98 Å². The van der Waals surface area contributed by atoms with Crippen molar-refractivity contribution in [1.29, 1.82) is 0 Å². The van der Waals surface area contributed by atoms with Crippen LogP contribution in [0.5, 0.6) is 0 Å². The molecule has 0 aliphatic carbocycles. The number of aromatic nitrogens is 3. The van der Waals surface area contributed by atoms with Crippen molar-refractivity contribution >= 4 is 16.0 Å². The zero-order valence-corrected chi connectivity index (χ0v) is 9.22. The summed E-state index contributed by atoms with van der Waals surface area (Å²) in [7, 11) is -3.32. The molecule has 0 amide bonds. The van der Waals surface area contributed by atoms with Gasteiger partial charge in [-0.05, 0) is 12.8 Å². The summed E-state index contributed by atoms with van der Waals surface area (Å²) in [6.07, 6.45) is 0. The molecule has 1 heterocycles. The van der Waals surface area contributed by atoms with Crippen LogP contribution in [0.2, 0.25) is 0 Å². The van der Waals surface area contributed by atoms with Gasteiger partial charge in [0.2, 0.25) is 10.0 Å². The van der Waals surface area contributed by atoms with Crippen LogP contribution in [-0.4, -0.2) is 29.4 Å². The quantitative estimate of drug-likeness (QED) is 0.770. The highest BCUT2D eigenvalue weighted by molar-refractivity contribution is 7.92. The third kappa shape index (κ3) is 3.33. The molecule has 0 aliphatic heterocycles. The monoisotopic (exact) mass is 218 g/mol. The van der Waals surface area contributed by atoms with Gasteiger partial charge in [0.15, 0.2) is 0 Å². The van der Waals surface area contributed by atoms with E-state index in [1.165, 1.54) is 0 Å². The van der Waals surface area contributed by atoms with E-state index in [2.05, 4.69) is 19.9 Å². The van der Waals surface area contributed by atoms with Crippen LogP contribution in [0.15, 0.2) is 0 Å². The van der Waals surface area contributed by atoms with E-state index in [1.54, 1.807) is 6.92 Å². The summed E-state index contributed by atoms with van der Waals surface area (Å²) < 4.78 is 25.1. The van der Waals surface area contributed by atoms with Gasteiger partial charge in [0.05, 0.1) is 5.75 Å². The van der Waals surface area contributed by atoms with E-state index in [0.717, 1.165) is 0 Å². The Balaban J connectivity index is 2.69. The lowest BCUT2D eigenvalue weighted by molar-refractivity contribution is 0.587. The molecule has 6 nitrogen and oxygen atoms in total. The molecule has 1 aromatic rings. The van der Waals surface area contributed by atoms with Crippen LogP contribution < -0.4 is 4.72 Å². The molecule has 0 fully saturated rings. The minimum atomic E-state index is -3.32. The predicted molar refractivity (Wildman–Crippen MR) is 53.4 cm³/mol. The number of rotatable bonds is 4. The van der Waals surface area contributed by atoms with Gasteiger partial charge in [-0.1, -0.05) is 13.8 Å². The summed E-state index contributed by atoms with van der Waals surface area (Å²) >= 11 is 0. The van der Waals surface area contributed by atoms with E-state index in [4.69, 9.17) is 0 Å². The third-order valence-electron chi connectivity index (χ3n) is 1.40. The number of nitrogens with one attached hydrogen (secondary N) is 2. The van der Waals surface area contributed by atoms with E-state index in [9.17, 15) is 8.42 Å². The van der Waals surface area contributed by atoms with E-state index in [-0.39, 0.29) is 17.6 Å². The molecule has 0 unspecified atom stereocenters. The van der Waals surface area contributed by atoms with Crippen molar-refractivity contribution in [3.63, 3.8) is 0 Å². The van der Waals surface area contributed by atoms with Crippen molar-refractivity contribution in [3.8, 4) is 0 Å². The molecule has 7 heteroatoms. The third-order valence-corrected chi connectivity index (χ3v) is 3.00. The molecular formula is C7H14N4O2S. The Kier molecular flexibility index (Phi) is 3.10. The van der Waals surface area contributed by atoms with E-state index in [1.807, 2.05) is 13.8 Å². The summed E-state index contributed by atoms with van der Waals surface area (Å²) in [4.78, 5) is 3.85. The second-order valence-electron chi connectivity index (χ2n) is 3.52. The van der Waals surface area contributed by atoms with Gasteiger partial charge >= 0.3 is 0 Å². The molecule has 0 bridgehead atoms. The number of aromatic amines is 1. The fraction of sp³-hybridized carbons (Fsp3) is 0.714. The zero-order valence-electron chi connectivity index (χ0n) is 8.40. The first-order valence-electron chi connectivity index (χ1n) is 4.28. The van der Waals surface area contributed by atoms with Crippen molar-refractivity contribution in [1.82, 2.24) is 15.2 Å². The number of nitrogens with zero attached hydrogens (tertiary/aromatic N) is 2. The van der Waals surface area contributed by atoms with Gasteiger partial charge in [-0.25, -0.2) is 13.1 Å². The normalized spacial score (nSPS) is 12.0. The Hall–Kier alpha value is -1.11. The molecule has 0 saturated carbocycles. The van der Waals surface area contributed by atoms with Gasteiger partial charge < -0.3 is 0 Å². The van der Waals surface area contributed by atoms with E-state index in [0.29, 0.717) is 5.82 Å². The second-order valence-corrected chi connectivity index (χ2v) is 5.29. The summed E-state index contributed by atoms with van der Waals surface area (Å²) in [6.45, 7) is 5.37. The Labute approximate surface area is 83.2 Å². The first kappa shape index (κ1) is 11.0. The van der Waals surface area contributed by atoms with Crippen LogP contribution >= 0.6 is 0 Å². The molecule has 14 heavy (non-hydrogen) atoms. The van der Waals surface area contributed by atoms with Crippen molar-refractivity contribution in [2.24, 2.45) is 5.92 Å². The lowest BCUT2D eigenvalue weighted by Crippen LogP contribution is -2.20. The highest BCUT2D eigenvalue weighted by Gasteiger charge is 2.14. The maximum Gasteiger partial charge on any atom is 0.255 e. The van der Waals surface area contributed by atoms with Gasteiger partial charge in [0.25, 0.3) is 5.95 Å². The fourth-order valence-corrected chi connectivity index (χ4v) is 2.34. The minimum absolute atomic E-state index is 0.0700. The topological polar surface area (TPSA) is 87.7 Å². The predicted octanol–water partition coefficient (Wildman–Crippen LogP) is 0.511. The lowest BCUT2D eigenvalue weighted by Gasteiger charge is -2.05. The molecule has 0 saturated heterocycles. The first-order valence-corrected chi connectivity index (χ1v) is 5.94.